The average molecular weight is 190 g/mol. The van der Waals surface area contributed by atoms with Crippen LogP contribution >= 0.6 is 0 Å². The molecule has 0 aliphatic heterocycles. The zero-order chi connectivity index (χ0) is 10.1. The summed E-state index contributed by atoms with van der Waals surface area (Å²) in [6.07, 6.45) is 3.33. The van der Waals surface area contributed by atoms with Crippen LogP contribution in [-0.2, 0) is 4.74 Å². The van der Waals surface area contributed by atoms with Crippen molar-refractivity contribution in [3.63, 3.8) is 0 Å². The lowest BCUT2D eigenvalue weighted by Crippen LogP contribution is -2.07. The molecule has 4 heteroatoms. The predicted molar refractivity (Wildman–Crippen MR) is 51.3 cm³/mol. The van der Waals surface area contributed by atoms with Crippen LogP contribution < -0.4 is 0 Å². The van der Waals surface area contributed by atoms with Gasteiger partial charge in [-0.05, 0) is 18.6 Å². The summed E-state index contributed by atoms with van der Waals surface area (Å²) >= 11 is 0. The molecule has 2 aromatic heterocycles. The number of hydrogen-bond acceptors (Lipinski definition) is 3. The zero-order valence-electron chi connectivity index (χ0n) is 8.02. The largest absolute Gasteiger partial charge is 0.464 e. The molecule has 0 atom stereocenters. The molecule has 72 valence electrons. The third-order valence-electron chi connectivity index (χ3n) is 2.19. The monoisotopic (exact) mass is 190 g/mol. The Hall–Kier alpha value is -1.84. The molecule has 4 nitrogen and oxygen atoms in total. The minimum atomic E-state index is -0.354. The average Bonchev–Trinajstić information content (AvgIpc) is 2.67. The molecule has 2 rings (SSSR count). The SMILES string of the molecule is COC(=O)c1ccc(C)c2cncn12. The standard InChI is InChI=1S/C10H10N2O2/c1-7-3-4-8(10(13)14-2)12-6-11-5-9(7)12/h3-6H,1-2H3. The summed E-state index contributed by atoms with van der Waals surface area (Å²) in [7, 11) is 1.37. The van der Waals surface area contributed by atoms with Crippen molar-refractivity contribution >= 4 is 11.5 Å². The molecule has 0 spiro atoms. The van der Waals surface area contributed by atoms with Crippen LogP contribution in [0.1, 0.15) is 16.1 Å². The van der Waals surface area contributed by atoms with Crippen LogP contribution in [0.3, 0.4) is 0 Å². The van der Waals surface area contributed by atoms with Gasteiger partial charge in [0.25, 0.3) is 0 Å². The highest BCUT2D eigenvalue weighted by molar-refractivity contribution is 5.88. The van der Waals surface area contributed by atoms with Crippen molar-refractivity contribution in [3.05, 3.63) is 35.9 Å². The molecule has 0 fully saturated rings. The van der Waals surface area contributed by atoms with E-state index in [4.69, 9.17) is 0 Å². The zero-order valence-corrected chi connectivity index (χ0v) is 8.02. The number of nitrogens with zero attached hydrogens (tertiary/aromatic N) is 2. The van der Waals surface area contributed by atoms with Gasteiger partial charge in [-0.25, -0.2) is 9.78 Å². The Labute approximate surface area is 81.1 Å². The number of pyridine rings is 1. The van der Waals surface area contributed by atoms with E-state index in [0.717, 1.165) is 11.1 Å². The Balaban J connectivity index is 2.72. The van der Waals surface area contributed by atoms with Crippen molar-refractivity contribution in [2.45, 2.75) is 6.92 Å². The van der Waals surface area contributed by atoms with E-state index in [1.807, 2.05) is 13.0 Å². The topological polar surface area (TPSA) is 43.6 Å². The molecule has 2 aromatic rings. The number of methoxy groups -OCH3 is 1. The molecule has 0 radical (unpaired) electrons. The van der Waals surface area contributed by atoms with E-state index < -0.39 is 0 Å². The summed E-state index contributed by atoms with van der Waals surface area (Å²) in [5.41, 5.74) is 2.49. The van der Waals surface area contributed by atoms with Gasteiger partial charge in [-0.2, -0.15) is 0 Å². The fourth-order valence-corrected chi connectivity index (χ4v) is 1.42. The van der Waals surface area contributed by atoms with Crippen molar-refractivity contribution in [1.29, 1.82) is 0 Å². The molecule has 0 aliphatic carbocycles. The first kappa shape index (κ1) is 8.74. The lowest BCUT2D eigenvalue weighted by atomic mass is 10.2. The molecule has 0 amide bonds. The lowest BCUT2D eigenvalue weighted by molar-refractivity contribution is 0.0592. The fourth-order valence-electron chi connectivity index (χ4n) is 1.42. The molecule has 0 unspecified atom stereocenters. The fraction of sp³-hybridized carbons (Fsp3) is 0.200. The summed E-state index contributed by atoms with van der Waals surface area (Å²) < 4.78 is 6.39. The van der Waals surface area contributed by atoms with Gasteiger partial charge in [0.1, 0.15) is 5.69 Å². The quantitative estimate of drug-likeness (QED) is 0.639. The second-order valence-corrected chi connectivity index (χ2v) is 3.04. The van der Waals surface area contributed by atoms with Gasteiger partial charge in [0.15, 0.2) is 0 Å². The highest BCUT2D eigenvalue weighted by atomic mass is 16.5. The Morgan fingerprint density at radius 2 is 2.29 bits per heavy atom. The highest BCUT2D eigenvalue weighted by Crippen LogP contribution is 2.12. The number of aromatic nitrogens is 2. The van der Waals surface area contributed by atoms with E-state index in [2.05, 4.69) is 9.72 Å². The Morgan fingerprint density at radius 1 is 1.50 bits per heavy atom. The second-order valence-electron chi connectivity index (χ2n) is 3.04. The first-order valence-corrected chi connectivity index (χ1v) is 4.24. The Bertz CT molecular complexity index is 488. The maximum absolute atomic E-state index is 11.4. The summed E-state index contributed by atoms with van der Waals surface area (Å²) in [6.45, 7) is 1.97. The minimum Gasteiger partial charge on any atom is -0.464 e. The predicted octanol–water partition coefficient (Wildman–Crippen LogP) is 1.43. The number of fused-ring (bicyclic) bond motifs is 1. The van der Waals surface area contributed by atoms with Gasteiger partial charge in [-0.1, -0.05) is 6.07 Å². The molecule has 2 heterocycles. The third kappa shape index (κ3) is 1.16. The van der Waals surface area contributed by atoms with Crippen molar-refractivity contribution in [1.82, 2.24) is 9.38 Å². The number of esters is 1. The number of imidazole rings is 1. The third-order valence-corrected chi connectivity index (χ3v) is 2.19. The van der Waals surface area contributed by atoms with E-state index in [0.29, 0.717) is 5.69 Å². The summed E-state index contributed by atoms with van der Waals surface area (Å²) in [6, 6.07) is 3.61. The normalized spacial score (nSPS) is 10.4. The number of carbonyl (C=O) groups is 1. The van der Waals surface area contributed by atoms with E-state index in [-0.39, 0.29) is 5.97 Å². The van der Waals surface area contributed by atoms with Gasteiger partial charge >= 0.3 is 5.97 Å². The number of aryl methyl sites for hydroxylation is 1. The molecule has 0 saturated heterocycles. The van der Waals surface area contributed by atoms with Crippen LogP contribution in [0.5, 0.6) is 0 Å². The molecular weight excluding hydrogens is 180 g/mol. The van der Waals surface area contributed by atoms with Gasteiger partial charge < -0.3 is 4.74 Å². The van der Waals surface area contributed by atoms with Gasteiger partial charge in [-0.3, -0.25) is 4.40 Å². The van der Waals surface area contributed by atoms with Crippen LogP contribution in [-0.4, -0.2) is 22.5 Å². The van der Waals surface area contributed by atoms with Crippen LogP contribution in [0, 0.1) is 6.92 Å². The number of carbonyl (C=O) groups excluding carboxylic acids is 1. The maximum atomic E-state index is 11.4. The molecule has 0 aromatic carbocycles. The molecule has 0 N–H and O–H groups in total. The molecule has 0 aliphatic rings. The van der Waals surface area contributed by atoms with Crippen LogP contribution in [0.25, 0.3) is 5.52 Å². The van der Waals surface area contributed by atoms with E-state index >= 15 is 0 Å². The number of hydrogen-bond donors (Lipinski definition) is 0. The van der Waals surface area contributed by atoms with E-state index in [9.17, 15) is 4.79 Å². The molecule has 0 bridgehead atoms. The minimum absolute atomic E-state index is 0.354. The first-order valence-electron chi connectivity index (χ1n) is 4.24. The van der Waals surface area contributed by atoms with Crippen molar-refractivity contribution in [3.8, 4) is 0 Å². The van der Waals surface area contributed by atoms with Crippen LogP contribution in [0.15, 0.2) is 24.7 Å². The number of rotatable bonds is 1. The van der Waals surface area contributed by atoms with Crippen LogP contribution in [0.4, 0.5) is 0 Å². The van der Waals surface area contributed by atoms with Gasteiger partial charge in [0, 0.05) is 0 Å². The van der Waals surface area contributed by atoms with Crippen molar-refractivity contribution in [2.75, 3.05) is 7.11 Å². The van der Waals surface area contributed by atoms with Crippen molar-refractivity contribution in [2.24, 2.45) is 0 Å². The smallest absolute Gasteiger partial charge is 0.355 e. The molecule has 14 heavy (non-hydrogen) atoms. The van der Waals surface area contributed by atoms with Crippen molar-refractivity contribution < 1.29 is 9.53 Å². The van der Waals surface area contributed by atoms with Gasteiger partial charge in [-0.15, -0.1) is 0 Å². The van der Waals surface area contributed by atoms with E-state index in [1.165, 1.54) is 7.11 Å². The maximum Gasteiger partial charge on any atom is 0.355 e. The molecule has 0 saturated carbocycles. The van der Waals surface area contributed by atoms with E-state index in [1.54, 1.807) is 23.0 Å². The number of ether oxygens (including phenoxy) is 1. The van der Waals surface area contributed by atoms with Gasteiger partial charge in [0.05, 0.1) is 25.2 Å². The summed E-state index contributed by atoms with van der Waals surface area (Å²) in [5, 5.41) is 0. The molecular formula is C10H10N2O2. The lowest BCUT2D eigenvalue weighted by Gasteiger charge is -2.04. The highest BCUT2D eigenvalue weighted by Gasteiger charge is 2.10. The van der Waals surface area contributed by atoms with Gasteiger partial charge in [0.2, 0.25) is 0 Å². The summed E-state index contributed by atoms with van der Waals surface area (Å²) in [4.78, 5) is 15.4. The first-order chi connectivity index (χ1) is 6.74. The van der Waals surface area contributed by atoms with Crippen LogP contribution in [0.2, 0.25) is 0 Å². The Kier molecular flexibility index (Phi) is 1.96. The Morgan fingerprint density at radius 3 is 3.00 bits per heavy atom. The second kappa shape index (κ2) is 3.14. The summed E-state index contributed by atoms with van der Waals surface area (Å²) in [5.74, 6) is -0.354.